The van der Waals surface area contributed by atoms with Gasteiger partial charge in [-0.15, -0.1) is 0 Å². The summed E-state index contributed by atoms with van der Waals surface area (Å²) >= 11 is 0. The van der Waals surface area contributed by atoms with Crippen molar-refractivity contribution in [2.75, 3.05) is 14.2 Å². The van der Waals surface area contributed by atoms with Crippen LogP contribution in [0.15, 0.2) is 17.1 Å². The first-order valence-electron chi connectivity index (χ1n) is 2.48. The summed E-state index contributed by atoms with van der Waals surface area (Å²) in [6, 6.07) is 0. The van der Waals surface area contributed by atoms with Crippen molar-refractivity contribution in [3.63, 3.8) is 0 Å². The van der Waals surface area contributed by atoms with Gasteiger partial charge in [0.05, 0.1) is 7.11 Å². The number of ether oxygens (including phenoxy) is 1. The number of rotatable bonds is 1. The Hall–Kier alpha value is -0.790. The van der Waals surface area contributed by atoms with Gasteiger partial charge in [-0.1, -0.05) is 6.08 Å². The molecule has 8 heavy (non-hydrogen) atoms. The summed E-state index contributed by atoms with van der Waals surface area (Å²) in [7, 11) is 3.29. The Morgan fingerprint density at radius 3 is 2.38 bits per heavy atom. The lowest BCUT2D eigenvalue weighted by atomic mass is 10.5. The number of methoxy groups -OCH3 is 1. The molecule has 0 N–H and O–H groups in total. The third-order valence-corrected chi connectivity index (χ3v) is 0.739. The molecule has 0 saturated heterocycles. The molecular weight excluding hydrogens is 102 g/mol. The van der Waals surface area contributed by atoms with E-state index in [4.69, 9.17) is 4.74 Å². The van der Waals surface area contributed by atoms with E-state index in [1.54, 1.807) is 20.2 Å². The molecule has 0 aromatic rings. The predicted molar refractivity (Wildman–Crippen MR) is 35.2 cm³/mol. The topological polar surface area (TPSA) is 21.6 Å². The summed E-state index contributed by atoms with van der Waals surface area (Å²) in [4.78, 5) is 3.80. The Balaban J connectivity index is 3.72. The second-order valence-electron chi connectivity index (χ2n) is 1.27. The van der Waals surface area contributed by atoms with Crippen LogP contribution in [0.3, 0.4) is 0 Å². The maximum atomic E-state index is 4.80. The van der Waals surface area contributed by atoms with Crippen LogP contribution in [0.5, 0.6) is 0 Å². The third-order valence-electron chi connectivity index (χ3n) is 0.739. The highest BCUT2D eigenvalue weighted by atomic mass is 16.5. The predicted octanol–water partition coefficient (Wildman–Crippen LogP) is 1.24. The average molecular weight is 113 g/mol. The summed E-state index contributed by atoms with van der Waals surface area (Å²) < 4.78 is 4.80. The lowest BCUT2D eigenvalue weighted by Gasteiger charge is -1.93. The van der Waals surface area contributed by atoms with Gasteiger partial charge in [-0.05, 0) is 13.0 Å². The Labute approximate surface area is 49.9 Å². The van der Waals surface area contributed by atoms with Crippen LogP contribution < -0.4 is 0 Å². The monoisotopic (exact) mass is 113 g/mol. The highest BCUT2D eigenvalue weighted by Crippen LogP contribution is 1.79. The van der Waals surface area contributed by atoms with Crippen LogP contribution in [-0.2, 0) is 4.74 Å². The van der Waals surface area contributed by atoms with Crippen LogP contribution in [0.25, 0.3) is 0 Å². The van der Waals surface area contributed by atoms with Crippen molar-refractivity contribution in [3.8, 4) is 0 Å². The lowest BCUT2D eigenvalue weighted by molar-refractivity contribution is 0.406. The van der Waals surface area contributed by atoms with Crippen molar-refractivity contribution in [1.82, 2.24) is 0 Å². The van der Waals surface area contributed by atoms with Gasteiger partial charge in [-0.3, -0.25) is 4.99 Å². The zero-order valence-corrected chi connectivity index (χ0v) is 5.51. The normalized spacial score (nSPS) is 12.6. The molecule has 0 heterocycles. The van der Waals surface area contributed by atoms with Gasteiger partial charge < -0.3 is 4.74 Å². The van der Waals surface area contributed by atoms with E-state index in [0.717, 1.165) is 0 Å². The number of allylic oxidation sites excluding steroid dienone is 1. The number of hydrogen-bond donors (Lipinski definition) is 0. The van der Waals surface area contributed by atoms with Gasteiger partial charge in [0, 0.05) is 7.05 Å². The molecule has 0 rings (SSSR count). The van der Waals surface area contributed by atoms with E-state index in [9.17, 15) is 0 Å². The molecule has 0 radical (unpaired) electrons. The molecular formula is C6H11NO. The molecule has 0 fully saturated rings. The standard InChI is InChI=1S/C6H11NO/c1-4-5-6(7-2)8-3/h4-5H,1-3H3/b5-4-,7-6+. The molecule has 0 amide bonds. The fraction of sp³-hybridized carbons (Fsp3) is 0.500. The van der Waals surface area contributed by atoms with Crippen molar-refractivity contribution >= 4 is 5.90 Å². The summed E-state index contributed by atoms with van der Waals surface area (Å²) in [6.45, 7) is 1.92. The highest BCUT2D eigenvalue weighted by Gasteiger charge is 1.82. The SMILES string of the molecule is C/C=C\C(=N/C)OC. The fourth-order valence-corrected chi connectivity index (χ4v) is 0.376. The van der Waals surface area contributed by atoms with Crippen molar-refractivity contribution in [2.45, 2.75) is 6.92 Å². The highest BCUT2D eigenvalue weighted by molar-refractivity contribution is 5.87. The van der Waals surface area contributed by atoms with Crippen LogP contribution in [0, 0.1) is 0 Å². The molecule has 0 saturated carbocycles. The van der Waals surface area contributed by atoms with Crippen LogP contribution in [0.2, 0.25) is 0 Å². The summed E-state index contributed by atoms with van der Waals surface area (Å²) in [5.41, 5.74) is 0. The Morgan fingerprint density at radius 2 is 2.25 bits per heavy atom. The summed E-state index contributed by atoms with van der Waals surface area (Å²) in [5.74, 6) is 0.660. The molecule has 0 aliphatic rings. The first-order valence-corrected chi connectivity index (χ1v) is 2.48. The molecule has 46 valence electrons. The average Bonchev–Trinajstić information content (AvgIpc) is 1.83. The van der Waals surface area contributed by atoms with Gasteiger partial charge in [0.2, 0.25) is 5.90 Å². The van der Waals surface area contributed by atoms with Crippen molar-refractivity contribution < 1.29 is 4.74 Å². The van der Waals surface area contributed by atoms with Gasteiger partial charge in [-0.2, -0.15) is 0 Å². The van der Waals surface area contributed by atoms with Gasteiger partial charge in [0.1, 0.15) is 0 Å². The Kier molecular flexibility index (Phi) is 3.94. The minimum absolute atomic E-state index is 0.660. The van der Waals surface area contributed by atoms with E-state index in [1.807, 2.05) is 13.0 Å². The van der Waals surface area contributed by atoms with Crippen molar-refractivity contribution in [3.05, 3.63) is 12.2 Å². The molecule has 0 spiro atoms. The van der Waals surface area contributed by atoms with Crippen molar-refractivity contribution in [2.24, 2.45) is 4.99 Å². The summed E-state index contributed by atoms with van der Waals surface area (Å²) in [5, 5.41) is 0. The third kappa shape index (κ3) is 2.39. The van der Waals surface area contributed by atoms with Gasteiger partial charge in [0.25, 0.3) is 0 Å². The smallest absolute Gasteiger partial charge is 0.207 e. The fourth-order valence-electron chi connectivity index (χ4n) is 0.376. The van der Waals surface area contributed by atoms with Gasteiger partial charge in [0.15, 0.2) is 0 Å². The van der Waals surface area contributed by atoms with Crippen LogP contribution in [0.1, 0.15) is 6.92 Å². The van der Waals surface area contributed by atoms with E-state index in [0.29, 0.717) is 5.90 Å². The molecule has 0 aromatic carbocycles. The van der Waals surface area contributed by atoms with Crippen LogP contribution in [-0.4, -0.2) is 20.1 Å². The van der Waals surface area contributed by atoms with E-state index in [-0.39, 0.29) is 0 Å². The maximum absolute atomic E-state index is 4.80. The molecule has 0 aliphatic heterocycles. The van der Waals surface area contributed by atoms with E-state index in [2.05, 4.69) is 4.99 Å². The molecule has 2 heteroatoms. The van der Waals surface area contributed by atoms with Crippen LogP contribution in [0.4, 0.5) is 0 Å². The lowest BCUT2D eigenvalue weighted by Crippen LogP contribution is -1.94. The van der Waals surface area contributed by atoms with Gasteiger partial charge in [-0.25, -0.2) is 0 Å². The molecule has 0 aliphatic carbocycles. The summed E-state index contributed by atoms with van der Waals surface area (Å²) in [6.07, 6.45) is 3.69. The minimum atomic E-state index is 0.660. The van der Waals surface area contributed by atoms with Crippen molar-refractivity contribution in [1.29, 1.82) is 0 Å². The molecule has 0 aromatic heterocycles. The first-order chi connectivity index (χ1) is 3.85. The zero-order valence-electron chi connectivity index (χ0n) is 5.51. The zero-order chi connectivity index (χ0) is 6.41. The second kappa shape index (κ2) is 4.37. The van der Waals surface area contributed by atoms with E-state index in [1.165, 1.54) is 0 Å². The Bertz CT molecular complexity index is 102. The molecule has 0 bridgehead atoms. The molecule has 2 nitrogen and oxygen atoms in total. The largest absolute Gasteiger partial charge is 0.481 e. The quantitative estimate of drug-likeness (QED) is 0.370. The Morgan fingerprint density at radius 1 is 1.62 bits per heavy atom. The second-order valence-corrected chi connectivity index (χ2v) is 1.27. The van der Waals surface area contributed by atoms with Crippen LogP contribution >= 0.6 is 0 Å². The molecule has 0 unspecified atom stereocenters. The number of hydrogen-bond acceptors (Lipinski definition) is 2. The minimum Gasteiger partial charge on any atom is -0.481 e. The van der Waals surface area contributed by atoms with E-state index < -0.39 is 0 Å². The van der Waals surface area contributed by atoms with Gasteiger partial charge >= 0.3 is 0 Å². The molecule has 0 atom stereocenters. The van der Waals surface area contributed by atoms with E-state index >= 15 is 0 Å². The number of nitrogens with zero attached hydrogens (tertiary/aromatic N) is 1. The number of aliphatic imine (C=N–C) groups is 1. The maximum Gasteiger partial charge on any atom is 0.207 e. The first kappa shape index (κ1) is 7.21.